The van der Waals surface area contributed by atoms with Crippen molar-refractivity contribution in [1.29, 1.82) is 0 Å². The Bertz CT molecular complexity index is 1300. The lowest BCUT2D eigenvalue weighted by Crippen LogP contribution is -2.42. The zero-order chi connectivity index (χ0) is 23.5. The normalized spacial score (nSPS) is 16.8. The summed E-state index contributed by atoms with van der Waals surface area (Å²) in [5.74, 6) is 2.73. The number of aromatic amines is 1. The molecule has 6 rings (SSSR count). The van der Waals surface area contributed by atoms with Gasteiger partial charge in [-0.15, -0.1) is 0 Å². The molecule has 4 aromatic rings. The molecular weight excluding hydrogens is 440 g/mol. The van der Waals surface area contributed by atoms with E-state index in [-0.39, 0.29) is 0 Å². The summed E-state index contributed by atoms with van der Waals surface area (Å²) in [6.45, 7) is 5.88. The topological polar surface area (TPSA) is 104 Å². The first-order valence-electron chi connectivity index (χ1n) is 12.4. The summed E-state index contributed by atoms with van der Waals surface area (Å²) in [5, 5.41) is 6.72. The number of nitrogens with one attached hydrogen (secondary N) is 3. The molecule has 9 nitrogen and oxygen atoms in total. The molecule has 3 aromatic heterocycles. The second-order valence-electron chi connectivity index (χ2n) is 9.37. The minimum absolute atomic E-state index is 0.626. The van der Waals surface area contributed by atoms with Crippen LogP contribution in [0.1, 0.15) is 24.8 Å². The van der Waals surface area contributed by atoms with Crippen molar-refractivity contribution in [2.24, 2.45) is 5.92 Å². The molecule has 0 unspecified atom stereocenters. The molecule has 1 aromatic carbocycles. The number of ether oxygens (including phenoxy) is 1. The highest BCUT2D eigenvalue weighted by atomic mass is 16.5. The molecule has 0 spiro atoms. The first-order valence-corrected chi connectivity index (χ1v) is 12.4. The van der Waals surface area contributed by atoms with Crippen LogP contribution in [0.2, 0.25) is 0 Å². The maximum Gasteiger partial charge on any atom is 0.216 e. The van der Waals surface area contributed by atoms with E-state index in [1.165, 1.54) is 24.8 Å². The average molecular weight is 471 g/mol. The Morgan fingerprint density at radius 3 is 2.80 bits per heavy atom. The van der Waals surface area contributed by atoms with Crippen LogP contribution < -0.4 is 15.4 Å². The first kappa shape index (κ1) is 21.9. The Morgan fingerprint density at radius 1 is 1.03 bits per heavy atom. The van der Waals surface area contributed by atoms with Gasteiger partial charge >= 0.3 is 0 Å². The zero-order valence-electron chi connectivity index (χ0n) is 19.7. The minimum atomic E-state index is 0.626. The third-order valence-corrected chi connectivity index (χ3v) is 6.80. The van der Waals surface area contributed by atoms with E-state index in [0.29, 0.717) is 17.7 Å². The molecule has 4 heterocycles. The molecule has 3 N–H and O–H groups in total. The third kappa shape index (κ3) is 5.26. The Kier molecular flexibility index (Phi) is 6.25. The van der Waals surface area contributed by atoms with Crippen LogP contribution in [0.15, 0.2) is 48.9 Å². The number of imidazole rings is 1. The summed E-state index contributed by atoms with van der Waals surface area (Å²) in [5.41, 5.74) is 4.86. The van der Waals surface area contributed by atoms with Gasteiger partial charge in [0.2, 0.25) is 11.8 Å². The van der Waals surface area contributed by atoms with Crippen molar-refractivity contribution >= 4 is 22.8 Å². The number of nitrogens with zero attached hydrogens (tertiary/aromatic N) is 5. The van der Waals surface area contributed by atoms with Gasteiger partial charge in [0.15, 0.2) is 0 Å². The van der Waals surface area contributed by atoms with E-state index in [4.69, 9.17) is 4.74 Å². The highest BCUT2D eigenvalue weighted by molar-refractivity contribution is 5.83. The van der Waals surface area contributed by atoms with Crippen LogP contribution >= 0.6 is 0 Å². The van der Waals surface area contributed by atoms with Crippen molar-refractivity contribution in [3.05, 3.63) is 54.5 Å². The van der Waals surface area contributed by atoms with Crippen LogP contribution in [0, 0.1) is 5.92 Å². The molecule has 0 amide bonds. The fraction of sp³-hybridized carbons (Fsp3) is 0.385. The van der Waals surface area contributed by atoms with Crippen LogP contribution in [-0.2, 0) is 6.54 Å². The molecule has 0 bridgehead atoms. The second kappa shape index (κ2) is 9.97. The van der Waals surface area contributed by atoms with Gasteiger partial charge in [-0.3, -0.25) is 4.90 Å². The van der Waals surface area contributed by atoms with Crippen molar-refractivity contribution in [1.82, 2.24) is 35.1 Å². The van der Waals surface area contributed by atoms with Gasteiger partial charge in [-0.2, -0.15) is 0 Å². The summed E-state index contributed by atoms with van der Waals surface area (Å²) in [6, 6.07) is 12.1. The van der Waals surface area contributed by atoms with Crippen molar-refractivity contribution in [3.8, 4) is 17.1 Å². The van der Waals surface area contributed by atoms with E-state index < -0.39 is 0 Å². The highest BCUT2D eigenvalue weighted by Gasteiger charge is 2.18. The predicted octanol–water partition coefficient (Wildman–Crippen LogP) is 3.74. The van der Waals surface area contributed by atoms with Gasteiger partial charge in [0.05, 0.1) is 23.3 Å². The summed E-state index contributed by atoms with van der Waals surface area (Å²) in [7, 11) is 0. The Labute approximate surface area is 204 Å². The fourth-order valence-electron chi connectivity index (χ4n) is 4.56. The minimum Gasteiger partial charge on any atom is -0.477 e. The standard InChI is InChI=1S/C26H30N8O/c1-2-18(3-1)16-35-25-14-22(29-17-30-25)20-4-5-21-23(13-20)32-26(31-21)33-24-12-19(6-7-28-24)15-34-10-8-27-9-11-34/h4-7,12-14,17-18,27H,1-3,8-11,15-16H2,(H2,28,31,32,33). The molecule has 0 atom stereocenters. The average Bonchev–Trinajstić information content (AvgIpc) is 3.25. The fourth-order valence-corrected chi connectivity index (χ4v) is 4.56. The van der Waals surface area contributed by atoms with Crippen molar-refractivity contribution in [3.63, 3.8) is 0 Å². The summed E-state index contributed by atoms with van der Waals surface area (Å²) >= 11 is 0. The number of piperazine rings is 1. The van der Waals surface area contributed by atoms with Gasteiger partial charge in [0, 0.05) is 50.6 Å². The molecule has 2 aliphatic rings. The summed E-state index contributed by atoms with van der Waals surface area (Å²) < 4.78 is 5.89. The number of hydrogen-bond acceptors (Lipinski definition) is 8. The van der Waals surface area contributed by atoms with E-state index in [1.54, 1.807) is 6.33 Å². The van der Waals surface area contributed by atoms with Crippen molar-refractivity contribution < 1.29 is 4.74 Å². The number of fused-ring (bicyclic) bond motifs is 1. The van der Waals surface area contributed by atoms with E-state index in [0.717, 1.165) is 67.4 Å². The van der Waals surface area contributed by atoms with E-state index in [2.05, 4.69) is 58.7 Å². The van der Waals surface area contributed by atoms with Crippen LogP contribution in [0.25, 0.3) is 22.3 Å². The number of pyridine rings is 1. The monoisotopic (exact) mass is 470 g/mol. The molecule has 2 fully saturated rings. The number of benzene rings is 1. The molecule has 1 saturated heterocycles. The SMILES string of the molecule is c1cc(CN2CCNCC2)cc(Nc2nc3ccc(-c4cc(OCC5CCC5)ncn4)cc3[nH]2)n1. The van der Waals surface area contributed by atoms with Crippen molar-refractivity contribution in [2.45, 2.75) is 25.8 Å². The lowest BCUT2D eigenvalue weighted by molar-refractivity contribution is 0.175. The molecule has 9 heteroatoms. The predicted molar refractivity (Wildman–Crippen MR) is 136 cm³/mol. The number of H-pyrrole nitrogens is 1. The molecule has 1 aliphatic carbocycles. The van der Waals surface area contributed by atoms with Gasteiger partial charge in [-0.1, -0.05) is 12.5 Å². The van der Waals surface area contributed by atoms with Crippen LogP contribution in [0.5, 0.6) is 5.88 Å². The molecule has 1 saturated carbocycles. The van der Waals surface area contributed by atoms with Crippen molar-refractivity contribution in [2.75, 3.05) is 38.1 Å². The summed E-state index contributed by atoms with van der Waals surface area (Å²) in [4.78, 5) is 23.7. The van der Waals surface area contributed by atoms with Gasteiger partial charge < -0.3 is 20.4 Å². The maximum absolute atomic E-state index is 5.89. The Hall–Kier alpha value is -3.56. The molecule has 1 aliphatic heterocycles. The lowest BCUT2D eigenvalue weighted by atomic mass is 9.86. The molecular formula is C26H30N8O. The van der Waals surface area contributed by atoms with Crippen LogP contribution in [0.3, 0.4) is 0 Å². The quantitative estimate of drug-likeness (QED) is 0.358. The maximum atomic E-state index is 5.89. The van der Waals surface area contributed by atoms with E-state index in [9.17, 15) is 0 Å². The second-order valence-corrected chi connectivity index (χ2v) is 9.37. The number of aromatic nitrogens is 5. The lowest BCUT2D eigenvalue weighted by Gasteiger charge is -2.27. The molecule has 180 valence electrons. The van der Waals surface area contributed by atoms with E-state index >= 15 is 0 Å². The zero-order valence-corrected chi connectivity index (χ0v) is 19.7. The Morgan fingerprint density at radius 2 is 1.94 bits per heavy atom. The molecule has 35 heavy (non-hydrogen) atoms. The first-order chi connectivity index (χ1) is 17.3. The largest absolute Gasteiger partial charge is 0.477 e. The summed E-state index contributed by atoms with van der Waals surface area (Å²) in [6.07, 6.45) is 7.22. The number of anilines is 2. The third-order valence-electron chi connectivity index (χ3n) is 6.80. The van der Waals surface area contributed by atoms with Crippen LogP contribution in [0.4, 0.5) is 11.8 Å². The highest BCUT2D eigenvalue weighted by Crippen LogP contribution is 2.28. The number of hydrogen-bond donors (Lipinski definition) is 3. The molecule has 0 radical (unpaired) electrons. The van der Waals surface area contributed by atoms with Gasteiger partial charge in [-0.25, -0.2) is 19.9 Å². The number of rotatable bonds is 8. The smallest absolute Gasteiger partial charge is 0.216 e. The van der Waals surface area contributed by atoms with E-state index in [1.807, 2.05) is 24.4 Å². The van der Waals surface area contributed by atoms with Gasteiger partial charge in [-0.05, 0) is 48.6 Å². The van der Waals surface area contributed by atoms with Gasteiger partial charge in [0.1, 0.15) is 12.1 Å². The van der Waals surface area contributed by atoms with Crippen LogP contribution in [-0.4, -0.2) is 62.6 Å². The Balaban J connectivity index is 1.15. The van der Waals surface area contributed by atoms with Gasteiger partial charge in [0.25, 0.3) is 0 Å².